The predicted octanol–water partition coefficient (Wildman–Crippen LogP) is 3.35. The van der Waals surface area contributed by atoms with E-state index in [-0.39, 0.29) is 48.4 Å². The van der Waals surface area contributed by atoms with Crippen molar-refractivity contribution in [1.82, 2.24) is 25.3 Å². The molecular formula is C42H66N6O7. The highest BCUT2D eigenvalue weighted by atomic mass is 16.5. The van der Waals surface area contributed by atoms with Crippen molar-refractivity contribution >= 4 is 29.3 Å². The second kappa shape index (κ2) is 21.3. The number of benzene rings is 2. The molecule has 0 aromatic heterocycles. The molecule has 13 nitrogen and oxygen atoms in total. The third-order valence-corrected chi connectivity index (χ3v) is 11.2. The second-order valence-corrected chi connectivity index (χ2v) is 15.7. The molecule has 1 aliphatic heterocycles. The summed E-state index contributed by atoms with van der Waals surface area (Å²) in [6.07, 6.45) is -0.935. The Labute approximate surface area is 327 Å². The minimum absolute atomic E-state index is 0.0344. The van der Waals surface area contributed by atoms with Crippen molar-refractivity contribution in [3.63, 3.8) is 0 Å². The van der Waals surface area contributed by atoms with E-state index in [1.165, 1.54) is 12.0 Å². The predicted molar refractivity (Wildman–Crippen MR) is 214 cm³/mol. The highest BCUT2D eigenvalue weighted by Crippen LogP contribution is 2.29. The minimum Gasteiger partial charge on any atom is -0.399 e. The summed E-state index contributed by atoms with van der Waals surface area (Å²) in [6, 6.07) is 14.5. The smallest absolute Gasteiger partial charge is 0.242 e. The van der Waals surface area contributed by atoms with Crippen LogP contribution in [0.15, 0.2) is 54.6 Å². The number of ether oxygens (including phenoxy) is 1. The zero-order valence-electron chi connectivity index (χ0n) is 34.3. The van der Waals surface area contributed by atoms with E-state index in [4.69, 9.17) is 10.5 Å². The van der Waals surface area contributed by atoms with E-state index in [2.05, 4.69) is 10.6 Å². The third-order valence-electron chi connectivity index (χ3n) is 11.2. The lowest BCUT2D eigenvalue weighted by molar-refractivity contribution is -0.145. The monoisotopic (exact) mass is 766 g/mol. The summed E-state index contributed by atoms with van der Waals surface area (Å²) in [5.41, 5.74) is 8.19. The van der Waals surface area contributed by atoms with E-state index in [9.17, 15) is 29.4 Å². The van der Waals surface area contributed by atoms with Gasteiger partial charge in [0, 0.05) is 32.9 Å². The first kappa shape index (κ1) is 45.4. The Morgan fingerprint density at radius 1 is 0.964 bits per heavy atom. The number of carbonyl (C=O) groups excluding carboxylic acids is 4. The van der Waals surface area contributed by atoms with Gasteiger partial charge >= 0.3 is 0 Å². The number of amides is 4. The van der Waals surface area contributed by atoms with Gasteiger partial charge in [0.1, 0.15) is 0 Å². The minimum atomic E-state index is -1.18. The van der Waals surface area contributed by atoms with Gasteiger partial charge in [0.2, 0.25) is 23.6 Å². The molecule has 1 saturated heterocycles. The van der Waals surface area contributed by atoms with Gasteiger partial charge in [0.25, 0.3) is 0 Å². The molecule has 306 valence electrons. The molecule has 1 heterocycles. The highest BCUT2D eigenvalue weighted by molar-refractivity contribution is 5.88. The normalized spacial score (nSPS) is 18.9. The van der Waals surface area contributed by atoms with Crippen LogP contribution in [0.5, 0.6) is 0 Å². The van der Waals surface area contributed by atoms with E-state index >= 15 is 0 Å². The molecule has 0 unspecified atom stereocenters. The molecule has 6 N–H and O–H groups in total. The Morgan fingerprint density at radius 3 is 2.18 bits per heavy atom. The number of carbonyl (C=O) groups is 4. The van der Waals surface area contributed by atoms with Crippen LogP contribution < -0.4 is 16.4 Å². The van der Waals surface area contributed by atoms with Crippen molar-refractivity contribution in [1.29, 1.82) is 0 Å². The summed E-state index contributed by atoms with van der Waals surface area (Å²) in [4.78, 5) is 59.4. The lowest BCUT2D eigenvalue weighted by atomic mass is 9.90. The first-order valence-corrected chi connectivity index (χ1v) is 19.6. The number of anilines is 1. The molecule has 0 saturated carbocycles. The molecule has 1 aliphatic rings. The fraction of sp³-hybridized carbons (Fsp3) is 0.619. The standard InChI is InChI=1S/C42H66N6O7/c1-10-27(4)38(47(8)36(51)24-44-42(54)37(26(2)3)46(7)25-30-18-20-32(43)21-19-30)34(49)23-35(50)48-22-14-17-33(48)40(55-9)28(5)41(53)45-29(6)39(52)31-15-12-11-13-16-31/h11-13,15-16,18-21,26-29,33-34,37-40,49,52H,10,14,17,22-25,43H2,1-9H3,(H,44,54)(H,45,53)/t27-,28+,29+,33-,34+,37-,38-,39+,40+/m0/s1. The summed E-state index contributed by atoms with van der Waals surface area (Å²) < 4.78 is 5.85. The van der Waals surface area contributed by atoms with Gasteiger partial charge < -0.3 is 41.1 Å². The average molecular weight is 767 g/mol. The van der Waals surface area contributed by atoms with Crippen LogP contribution >= 0.6 is 0 Å². The van der Waals surface area contributed by atoms with Crippen LogP contribution in [-0.4, -0.2) is 119 Å². The Bertz CT molecular complexity index is 1530. The third kappa shape index (κ3) is 12.2. The van der Waals surface area contributed by atoms with Crippen LogP contribution in [-0.2, 0) is 30.5 Å². The number of methoxy groups -OCH3 is 1. The molecule has 0 spiro atoms. The molecule has 4 amide bonds. The zero-order chi connectivity index (χ0) is 41.0. The summed E-state index contributed by atoms with van der Waals surface area (Å²) in [7, 11) is 4.99. The van der Waals surface area contributed by atoms with E-state index in [0.717, 1.165) is 5.56 Å². The van der Waals surface area contributed by atoms with Crippen LogP contribution in [0, 0.1) is 17.8 Å². The average Bonchev–Trinajstić information content (AvgIpc) is 3.64. The Balaban J connectivity index is 1.64. The molecule has 0 radical (unpaired) electrons. The van der Waals surface area contributed by atoms with E-state index in [1.54, 1.807) is 37.9 Å². The van der Waals surface area contributed by atoms with Gasteiger partial charge in [-0.2, -0.15) is 0 Å². The number of likely N-dealkylation sites (tertiary alicyclic amines) is 1. The number of rotatable bonds is 20. The molecule has 2 aromatic carbocycles. The topological polar surface area (TPSA) is 178 Å². The van der Waals surface area contributed by atoms with Gasteiger partial charge in [-0.1, -0.05) is 83.5 Å². The van der Waals surface area contributed by atoms with Crippen LogP contribution in [0.25, 0.3) is 0 Å². The summed E-state index contributed by atoms with van der Waals surface area (Å²) >= 11 is 0. The van der Waals surface area contributed by atoms with Crippen molar-refractivity contribution in [3.05, 3.63) is 65.7 Å². The fourth-order valence-electron chi connectivity index (χ4n) is 7.92. The van der Waals surface area contributed by atoms with Gasteiger partial charge in [-0.25, -0.2) is 0 Å². The van der Waals surface area contributed by atoms with Gasteiger partial charge in [0.15, 0.2) is 0 Å². The van der Waals surface area contributed by atoms with Crippen molar-refractivity contribution in [2.45, 2.75) is 116 Å². The van der Waals surface area contributed by atoms with E-state index < -0.39 is 48.4 Å². The number of nitrogens with two attached hydrogens (primary N) is 1. The molecule has 1 fully saturated rings. The summed E-state index contributed by atoms with van der Waals surface area (Å²) in [5.74, 6) is -2.07. The van der Waals surface area contributed by atoms with Crippen LogP contribution in [0.1, 0.15) is 84.5 Å². The van der Waals surface area contributed by atoms with Crippen LogP contribution in [0.2, 0.25) is 0 Å². The number of likely N-dealkylation sites (N-methyl/N-ethyl adjacent to an activating group) is 2. The van der Waals surface area contributed by atoms with Gasteiger partial charge in [-0.3, -0.25) is 24.1 Å². The van der Waals surface area contributed by atoms with Crippen molar-refractivity contribution in [2.75, 3.05) is 40.0 Å². The highest BCUT2D eigenvalue weighted by Gasteiger charge is 2.42. The maximum absolute atomic E-state index is 13.9. The molecule has 2 aromatic rings. The second-order valence-electron chi connectivity index (χ2n) is 15.7. The SMILES string of the molecule is CC[C@H](C)[C@@H]([C@H](O)CC(=O)N1CCC[C@H]1[C@H](OC)[C@@H](C)C(=O)N[C@H](C)[C@@H](O)c1ccccc1)N(C)C(=O)CNC(=O)[C@H](C(C)C)N(C)Cc1ccc(N)cc1. The molecule has 13 heteroatoms. The molecule has 9 atom stereocenters. The molecule has 0 bridgehead atoms. The first-order chi connectivity index (χ1) is 26.0. The number of nitrogen functional groups attached to an aromatic ring is 1. The Morgan fingerprint density at radius 2 is 1.60 bits per heavy atom. The first-order valence-electron chi connectivity index (χ1n) is 19.6. The summed E-state index contributed by atoms with van der Waals surface area (Å²) in [5, 5.41) is 28.1. The number of hydrogen-bond acceptors (Lipinski definition) is 9. The van der Waals surface area contributed by atoms with Gasteiger partial charge in [-0.05, 0) is 61.9 Å². The molecule has 0 aliphatic carbocycles. The van der Waals surface area contributed by atoms with Crippen molar-refractivity contribution < 1.29 is 34.1 Å². The van der Waals surface area contributed by atoms with Crippen molar-refractivity contribution in [2.24, 2.45) is 17.8 Å². The van der Waals surface area contributed by atoms with Crippen molar-refractivity contribution in [3.8, 4) is 0 Å². The Hall–Kier alpha value is -4.04. The van der Waals surface area contributed by atoms with Gasteiger partial charge in [-0.15, -0.1) is 0 Å². The number of nitrogens with one attached hydrogen (secondary N) is 2. The molecule has 55 heavy (non-hydrogen) atoms. The summed E-state index contributed by atoms with van der Waals surface area (Å²) in [6.45, 7) is 12.0. The lowest BCUT2D eigenvalue weighted by Gasteiger charge is -2.38. The van der Waals surface area contributed by atoms with Crippen LogP contribution in [0.4, 0.5) is 5.69 Å². The number of aliphatic hydroxyl groups excluding tert-OH is 2. The molecule has 3 rings (SSSR count). The zero-order valence-corrected chi connectivity index (χ0v) is 34.3. The maximum Gasteiger partial charge on any atom is 0.242 e. The maximum atomic E-state index is 13.9. The molecular weight excluding hydrogens is 700 g/mol. The number of hydrogen-bond donors (Lipinski definition) is 5. The largest absolute Gasteiger partial charge is 0.399 e. The number of aliphatic hydroxyl groups is 2. The number of nitrogens with zero attached hydrogens (tertiary/aromatic N) is 3. The fourth-order valence-corrected chi connectivity index (χ4v) is 7.92. The van der Waals surface area contributed by atoms with E-state index in [0.29, 0.717) is 43.6 Å². The van der Waals surface area contributed by atoms with Crippen LogP contribution in [0.3, 0.4) is 0 Å². The van der Waals surface area contributed by atoms with E-state index in [1.807, 2.05) is 82.1 Å². The Kier molecular flexibility index (Phi) is 17.6. The van der Waals surface area contributed by atoms with Gasteiger partial charge in [0.05, 0.1) is 61.4 Å². The quantitative estimate of drug-likeness (QED) is 0.127. The lowest BCUT2D eigenvalue weighted by Crippen LogP contribution is -2.55.